The molecule has 0 radical (unpaired) electrons. The summed E-state index contributed by atoms with van der Waals surface area (Å²) in [5.74, 6) is 0.266. The van der Waals surface area contributed by atoms with Crippen LogP contribution in [0.4, 0.5) is 5.69 Å². The number of hydrogen-bond acceptors (Lipinski definition) is 4. The highest BCUT2D eigenvalue weighted by Gasteiger charge is 2.18. The standard InChI is InChI=1S/C17H24N2O2/c20-14-16-5-7-19(8-6-16)17-3-1-15(2-4-17)13-18-9-11-21-12-10-18/h1-4,14,16H,5-13H2. The first-order valence-electron chi connectivity index (χ1n) is 7.94. The number of carbonyl (C=O) groups is 1. The van der Waals surface area contributed by atoms with Crippen molar-refractivity contribution in [2.24, 2.45) is 5.92 Å². The van der Waals surface area contributed by atoms with Gasteiger partial charge in [-0.05, 0) is 30.5 Å². The van der Waals surface area contributed by atoms with Gasteiger partial charge in [0.05, 0.1) is 13.2 Å². The van der Waals surface area contributed by atoms with Crippen molar-refractivity contribution in [3.05, 3.63) is 29.8 Å². The molecule has 3 rings (SSSR count). The molecule has 4 heteroatoms. The molecule has 1 aromatic rings. The molecule has 0 N–H and O–H groups in total. The summed E-state index contributed by atoms with van der Waals surface area (Å²) in [6.07, 6.45) is 3.08. The van der Waals surface area contributed by atoms with E-state index in [0.717, 1.165) is 65.1 Å². The van der Waals surface area contributed by atoms with Crippen LogP contribution in [-0.2, 0) is 16.1 Å². The lowest BCUT2D eigenvalue weighted by molar-refractivity contribution is -0.111. The molecule has 1 aromatic carbocycles. The SMILES string of the molecule is O=CC1CCN(c2ccc(CN3CCOCC3)cc2)CC1. The van der Waals surface area contributed by atoms with Gasteiger partial charge in [-0.3, -0.25) is 4.90 Å². The molecule has 0 aliphatic carbocycles. The third-order valence-electron chi connectivity index (χ3n) is 4.54. The fourth-order valence-electron chi connectivity index (χ4n) is 3.12. The van der Waals surface area contributed by atoms with Crippen molar-refractivity contribution in [2.75, 3.05) is 44.3 Å². The minimum absolute atomic E-state index is 0.266. The average Bonchev–Trinajstić information content (AvgIpc) is 2.57. The molecule has 0 saturated carbocycles. The molecule has 0 atom stereocenters. The minimum Gasteiger partial charge on any atom is -0.379 e. The number of benzene rings is 1. The molecule has 2 aliphatic heterocycles. The zero-order chi connectivity index (χ0) is 14.5. The van der Waals surface area contributed by atoms with Crippen molar-refractivity contribution in [2.45, 2.75) is 19.4 Å². The van der Waals surface area contributed by atoms with E-state index in [1.165, 1.54) is 11.3 Å². The van der Waals surface area contributed by atoms with Gasteiger partial charge in [-0.25, -0.2) is 0 Å². The Hall–Kier alpha value is -1.39. The topological polar surface area (TPSA) is 32.8 Å². The lowest BCUT2D eigenvalue weighted by Gasteiger charge is -2.32. The maximum atomic E-state index is 10.8. The van der Waals surface area contributed by atoms with Gasteiger partial charge in [-0.15, -0.1) is 0 Å². The number of piperidine rings is 1. The van der Waals surface area contributed by atoms with Gasteiger partial charge in [0, 0.05) is 44.3 Å². The molecule has 0 bridgehead atoms. The summed E-state index contributed by atoms with van der Waals surface area (Å²) < 4.78 is 5.38. The summed E-state index contributed by atoms with van der Waals surface area (Å²) in [5, 5.41) is 0. The second-order valence-electron chi connectivity index (χ2n) is 6.02. The van der Waals surface area contributed by atoms with Crippen molar-refractivity contribution in [3.63, 3.8) is 0 Å². The number of hydrogen-bond donors (Lipinski definition) is 0. The Balaban J connectivity index is 1.55. The van der Waals surface area contributed by atoms with Crippen LogP contribution in [0.3, 0.4) is 0 Å². The molecule has 2 fully saturated rings. The smallest absolute Gasteiger partial charge is 0.123 e. The Morgan fingerprint density at radius 3 is 2.33 bits per heavy atom. The molecule has 0 aromatic heterocycles. The van der Waals surface area contributed by atoms with E-state index in [1.807, 2.05) is 0 Å². The highest BCUT2D eigenvalue weighted by Crippen LogP contribution is 2.23. The Morgan fingerprint density at radius 1 is 1.05 bits per heavy atom. The van der Waals surface area contributed by atoms with Crippen LogP contribution in [0.25, 0.3) is 0 Å². The lowest BCUT2D eigenvalue weighted by atomic mass is 9.98. The number of nitrogens with zero attached hydrogens (tertiary/aromatic N) is 2. The zero-order valence-electron chi connectivity index (χ0n) is 12.5. The van der Waals surface area contributed by atoms with Gasteiger partial charge in [0.2, 0.25) is 0 Å². The van der Waals surface area contributed by atoms with Crippen LogP contribution in [-0.4, -0.2) is 50.6 Å². The fraction of sp³-hybridized carbons (Fsp3) is 0.588. The number of anilines is 1. The first-order valence-corrected chi connectivity index (χ1v) is 7.94. The van der Waals surface area contributed by atoms with Crippen molar-refractivity contribution < 1.29 is 9.53 Å². The highest BCUT2D eigenvalue weighted by atomic mass is 16.5. The van der Waals surface area contributed by atoms with Crippen molar-refractivity contribution in [3.8, 4) is 0 Å². The molecule has 21 heavy (non-hydrogen) atoms. The summed E-state index contributed by atoms with van der Waals surface area (Å²) in [6.45, 7) is 6.75. The summed E-state index contributed by atoms with van der Waals surface area (Å²) in [6, 6.07) is 8.90. The third kappa shape index (κ3) is 3.83. The monoisotopic (exact) mass is 288 g/mol. The third-order valence-corrected chi connectivity index (χ3v) is 4.54. The van der Waals surface area contributed by atoms with E-state index in [4.69, 9.17) is 4.74 Å². The number of aldehydes is 1. The normalized spacial score (nSPS) is 21.4. The quantitative estimate of drug-likeness (QED) is 0.793. The first-order chi connectivity index (χ1) is 10.3. The highest BCUT2D eigenvalue weighted by molar-refractivity contribution is 5.55. The Labute approximate surface area is 126 Å². The van der Waals surface area contributed by atoms with Gasteiger partial charge < -0.3 is 14.4 Å². The largest absolute Gasteiger partial charge is 0.379 e. The summed E-state index contributed by atoms with van der Waals surface area (Å²) in [5.41, 5.74) is 2.65. The predicted molar refractivity (Wildman–Crippen MR) is 83.5 cm³/mol. The van der Waals surface area contributed by atoms with E-state index in [0.29, 0.717) is 0 Å². The van der Waals surface area contributed by atoms with Gasteiger partial charge in [-0.1, -0.05) is 12.1 Å². The second-order valence-corrected chi connectivity index (χ2v) is 6.02. The van der Waals surface area contributed by atoms with Crippen LogP contribution in [0.15, 0.2) is 24.3 Å². The molecule has 2 aliphatic rings. The number of morpholine rings is 1. The molecule has 2 saturated heterocycles. The van der Waals surface area contributed by atoms with E-state index in [1.54, 1.807) is 0 Å². The van der Waals surface area contributed by atoms with Crippen LogP contribution >= 0.6 is 0 Å². The van der Waals surface area contributed by atoms with E-state index in [-0.39, 0.29) is 5.92 Å². The van der Waals surface area contributed by atoms with Crippen LogP contribution < -0.4 is 4.90 Å². The molecular weight excluding hydrogens is 264 g/mol. The maximum absolute atomic E-state index is 10.8. The predicted octanol–water partition coefficient (Wildman–Crippen LogP) is 1.93. The van der Waals surface area contributed by atoms with Crippen molar-refractivity contribution in [1.82, 2.24) is 4.90 Å². The maximum Gasteiger partial charge on any atom is 0.123 e. The van der Waals surface area contributed by atoms with Crippen LogP contribution in [0.1, 0.15) is 18.4 Å². The molecule has 4 nitrogen and oxygen atoms in total. The Bertz CT molecular complexity index is 446. The second kappa shape index (κ2) is 7.05. The number of ether oxygens (including phenoxy) is 1. The zero-order valence-corrected chi connectivity index (χ0v) is 12.5. The van der Waals surface area contributed by atoms with Gasteiger partial charge in [0.15, 0.2) is 0 Å². The van der Waals surface area contributed by atoms with Crippen LogP contribution in [0.5, 0.6) is 0 Å². The van der Waals surface area contributed by atoms with E-state index >= 15 is 0 Å². The van der Waals surface area contributed by atoms with E-state index in [9.17, 15) is 4.79 Å². The molecule has 114 valence electrons. The summed E-state index contributed by atoms with van der Waals surface area (Å²) >= 11 is 0. The molecular formula is C17H24N2O2. The van der Waals surface area contributed by atoms with E-state index in [2.05, 4.69) is 34.1 Å². The van der Waals surface area contributed by atoms with Crippen molar-refractivity contribution >= 4 is 12.0 Å². The fourth-order valence-corrected chi connectivity index (χ4v) is 3.12. The van der Waals surface area contributed by atoms with Crippen LogP contribution in [0.2, 0.25) is 0 Å². The Morgan fingerprint density at radius 2 is 1.71 bits per heavy atom. The molecule has 0 spiro atoms. The van der Waals surface area contributed by atoms with E-state index < -0.39 is 0 Å². The van der Waals surface area contributed by atoms with Gasteiger partial charge >= 0.3 is 0 Å². The molecule has 0 amide bonds. The van der Waals surface area contributed by atoms with Crippen LogP contribution in [0, 0.1) is 5.92 Å². The number of carbonyl (C=O) groups excluding carboxylic acids is 1. The van der Waals surface area contributed by atoms with Crippen molar-refractivity contribution in [1.29, 1.82) is 0 Å². The molecule has 0 unspecified atom stereocenters. The van der Waals surface area contributed by atoms with Gasteiger partial charge in [0.1, 0.15) is 6.29 Å². The Kier molecular flexibility index (Phi) is 4.88. The first kappa shape index (κ1) is 14.5. The van der Waals surface area contributed by atoms with Gasteiger partial charge in [-0.2, -0.15) is 0 Å². The average molecular weight is 288 g/mol. The number of rotatable bonds is 4. The summed E-state index contributed by atoms with van der Waals surface area (Å²) in [4.78, 5) is 15.6. The van der Waals surface area contributed by atoms with Gasteiger partial charge in [0.25, 0.3) is 0 Å². The summed E-state index contributed by atoms with van der Waals surface area (Å²) in [7, 11) is 0. The minimum atomic E-state index is 0.266. The molecule has 2 heterocycles. The lowest BCUT2D eigenvalue weighted by Crippen LogP contribution is -2.35.